The summed E-state index contributed by atoms with van der Waals surface area (Å²) >= 11 is 6.03. The standard InChI is InChI=1S/C18H16ClN3O4S/c19-15-9-5-4-6-13(15)12-20-17(23)18-21-16(22-26-18)10-11-27(24,25)14-7-2-1-3-8-14/h1-9H,10-12H2,(H,20,23). The van der Waals surface area contributed by atoms with Crippen LogP contribution < -0.4 is 5.32 Å². The molecule has 0 atom stereocenters. The molecule has 0 aliphatic carbocycles. The lowest BCUT2D eigenvalue weighted by Gasteiger charge is -2.04. The van der Waals surface area contributed by atoms with Gasteiger partial charge in [0.25, 0.3) is 0 Å². The SMILES string of the molecule is O=C(NCc1ccccc1Cl)c1nc(CCS(=O)(=O)c2ccccc2)no1. The number of benzene rings is 2. The number of nitrogens with zero attached hydrogens (tertiary/aromatic N) is 2. The Morgan fingerprint density at radius 3 is 2.52 bits per heavy atom. The summed E-state index contributed by atoms with van der Waals surface area (Å²) in [6, 6.07) is 15.2. The van der Waals surface area contributed by atoms with Crippen molar-refractivity contribution in [1.29, 1.82) is 0 Å². The molecule has 0 fully saturated rings. The minimum Gasteiger partial charge on any atom is -0.344 e. The van der Waals surface area contributed by atoms with E-state index in [1.165, 1.54) is 12.1 Å². The fraction of sp³-hybridized carbons (Fsp3) is 0.167. The van der Waals surface area contributed by atoms with Crippen LogP contribution in [0.5, 0.6) is 0 Å². The molecule has 1 heterocycles. The summed E-state index contributed by atoms with van der Waals surface area (Å²) in [6.07, 6.45) is 0.0402. The van der Waals surface area contributed by atoms with Gasteiger partial charge in [0.1, 0.15) is 0 Å². The first-order valence-electron chi connectivity index (χ1n) is 8.08. The van der Waals surface area contributed by atoms with Gasteiger partial charge in [-0.05, 0) is 23.8 Å². The van der Waals surface area contributed by atoms with Crippen molar-refractivity contribution in [3.05, 3.63) is 76.9 Å². The van der Waals surface area contributed by atoms with Crippen molar-refractivity contribution in [2.24, 2.45) is 0 Å². The highest BCUT2D eigenvalue weighted by Crippen LogP contribution is 2.15. The zero-order chi connectivity index (χ0) is 19.3. The Morgan fingerprint density at radius 2 is 1.78 bits per heavy atom. The Bertz CT molecular complexity index is 1040. The summed E-state index contributed by atoms with van der Waals surface area (Å²) < 4.78 is 29.4. The average Bonchev–Trinajstić information content (AvgIpc) is 3.16. The molecule has 2 aromatic carbocycles. The summed E-state index contributed by atoms with van der Waals surface area (Å²) in [6.45, 7) is 0.207. The lowest BCUT2D eigenvalue weighted by atomic mass is 10.2. The molecule has 27 heavy (non-hydrogen) atoms. The van der Waals surface area contributed by atoms with E-state index in [-0.39, 0.29) is 35.3 Å². The fourth-order valence-corrected chi connectivity index (χ4v) is 3.77. The zero-order valence-corrected chi connectivity index (χ0v) is 15.7. The van der Waals surface area contributed by atoms with E-state index in [0.29, 0.717) is 5.02 Å². The Hall–Kier alpha value is -2.71. The van der Waals surface area contributed by atoms with E-state index >= 15 is 0 Å². The van der Waals surface area contributed by atoms with Crippen molar-refractivity contribution in [2.75, 3.05) is 5.75 Å². The molecular weight excluding hydrogens is 390 g/mol. The van der Waals surface area contributed by atoms with Crippen LogP contribution in [-0.2, 0) is 22.8 Å². The molecule has 0 spiro atoms. The number of nitrogens with one attached hydrogen (secondary N) is 1. The molecule has 1 aromatic heterocycles. The molecule has 1 amide bonds. The van der Waals surface area contributed by atoms with Crippen LogP contribution in [0.2, 0.25) is 5.02 Å². The van der Waals surface area contributed by atoms with Gasteiger partial charge < -0.3 is 9.84 Å². The van der Waals surface area contributed by atoms with E-state index < -0.39 is 15.7 Å². The smallest absolute Gasteiger partial charge is 0.315 e. The van der Waals surface area contributed by atoms with Crippen LogP contribution in [-0.4, -0.2) is 30.2 Å². The van der Waals surface area contributed by atoms with Gasteiger partial charge in [0.15, 0.2) is 15.7 Å². The van der Waals surface area contributed by atoms with Gasteiger partial charge in [-0.25, -0.2) is 8.42 Å². The minimum absolute atomic E-state index is 0.0402. The quantitative estimate of drug-likeness (QED) is 0.648. The number of halogens is 1. The molecule has 3 rings (SSSR count). The van der Waals surface area contributed by atoms with Crippen LogP contribution in [0.4, 0.5) is 0 Å². The number of hydrogen-bond acceptors (Lipinski definition) is 6. The number of sulfone groups is 1. The van der Waals surface area contributed by atoms with E-state index in [1.54, 1.807) is 36.4 Å². The van der Waals surface area contributed by atoms with Crippen LogP contribution >= 0.6 is 11.6 Å². The molecule has 140 valence electrons. The zero-order valence-electron chi connectivity index (χ0n) is 14.1. The van der Waals surface area contributed by atoms with E-state index in [0.717, 1.165) is 5.56 Å². The molecule has 0 aliphatic heterocycles. The number of carbonyl (C=O) groups excluding carboxylic acids is 1. The second-order valence-corrected chi connectivity index (χ2v) is 8.19. The maximum atomic E-state index is 12.3. The molecule has 0 aliphatic rings. The van der Waals surface area contributed by atoms with Gasteiger partial charge in [-0.1, -0.05) is 53.2 Å². The molecular formula is C18H16ClN3O4S. The summed E-state index contributed by atoms with van der Waals surface area (Å²) in [5.74, 6) is -0.817. The third-order valence-corrected chi connectivity index (χ3v) is 5.86. The predicted molar refractivity (Wildman–Crippen MR) is 99.1 cm³/mol. The van der Waals surface area contributed by atoms with E-state index in [4.69, 9.17) is 16.1 Å². The summed E-state index contributed by atoms with van der Waals surface area (Å²) in [7, 11) is -3.46. The fourth-order valence-electron chi connectivity index (χ4n) is 2.31. The molecule has 0 bridgehead atoms. The number of aryl methyl sites for hydroxylation is 1. The van der Waals surface area contributed by atoms with Crippen molar-refractivity contribution in [3.8, 4) is 0 Å². The maximum Gasteiger partial charge on any atom is 0.315 e. The van der Waals surface area contributed by atoms with Gasteiger partial charge in [0.05, 0.1) is 10.6 Å². The molecule has 9 heteroatoms. The van der Waals surface area contributed by atoms with Gasteiger partial charge in [0.2, 0.25) is 0 Å². The lowest BCUT2D eigenvalue weighted by molar-refractivity contribution is 0.0907. The van der Waals surface area contributed by atoms with Crippen LogP contribution in [0.25, 0.3) is 0 Å². The molecule has 0 unspecified atom stereocenters. The summed E-state index contributed by atoms with van der Waals surface area (Å²) in [5.41, 5.74) is 0.751. The minimum atomic E-state index is -3.46. The Balaban J connectivity index is 1.58. The first-order chi connectivity index (χ1) is 13.0. The van der Waals surface area contributed by atoms with Crippen LogP contribution in [0.15, 0.2) is 64.0 Å². The van der Waals surface area contributed by atoms with Gasteiger partial charge in [-0.2, -0.15) is 4.98 Å². The molecule has 7 nitrogen and oxygen atoms in total. The number of rotatable bonds is 7. The number of hydrogen-bond donors (Lipinski definition) is 1. The summed E-state index contributed by atoms with van der Waals surface area (Å²) in [5, 5.41) is 6.84. The molecule has 0 radical (unpaired) electrons. The van der Waals surface area contributed by atoms with Crippen LogP contribution in [0.3, 0.4) is 0 Å². The third-order valence-electron chi connectivity index (χ3n) is 3.76. The van der Waals surface area contributed by atoms with E-state index in [2.05, 4.69) is 15.5 Å². The van der Waals surface area contributed by atoms with Gasteiger partial charge in [-0.3, -0.25) is 4.79 Å². The molecule has 3 aromatic rings. The van der Waals surface area contributed by atoms with Crippen LogP contribution in [0, 0.1) is 0 Å². The molecule has 1 N–H and O–H groups in total. The Labute approximate surface area is 161 Å². The topological polar surface area (TPSA) is 102 Å². The van der Waals surface area contributed by atoms with Crippen molar-refractivity contribution in [2.45, 2.75) is 17.9 Å². The van der Waals surface area contributed by atoms with Crippen molar-refractivity contribution in [3.63, 3.8) is 0 Å². The number of amides is 1. The highest BCUT2D eigenvalue weighted by atomic mass is 35.5. The maximum absolute atomic E-state index is 12.3. The highest BCUT2D eigenvalue weighted by Gasteiger charge is 2.19. The lowest BCUT2D eigenvalue weighted by Crippen LogP contribution is -2.23. The Kier molecular flexibility index (Phi) is 5.88. The first kappa shape index (κ1) is 19.1. The first-order valence-corrected chi connectivity index (χ1v) is 10.1. The summed E-state index contributed by atoms with van der Waals surface area (Å²) in [4.78, 5) is 16.3. The van der Waals surface area contributed by atoms with Crippen LogP contribution in [0.1, 0.15) is 22.1 Å². The number of aromatic nitrogens is 2. The third kappa shape index (κ3) is 4.93. The predicted octanol–water partition coefficient (Wildman–Crippen LogP) is 2.67. The van der Waals surface area contributed by atoms with Gasteiger partial charge >= 0.3 is 11.8 Å². The average molecular weight is 406 g/mol. The van der Waals surface area contributed by atoms with Crippen molar-refractivity contribution < 1.29 is 17.7 Å². The van der Waals surface area contributed by atoms with Crippen molar-refractivity contribution in [1.82, 2.24) is 15.5 Å². The van der Waals surface area contributed by atoms with E-state index in [9.17, 15) is 13.2 Å². The van der Waals surface area contributed by atoms with Gasteiger partial charge in [0, 0.05) is 18.0 Å². The normalized spacial score (nSPS) is 11.3. The van der Waals surface area contributed by atoms with E-state index in [1.807, 2.05) is 6.07 Å². The molecule has 0 saturated carbocycles. The Morgan fingerprint density at radius 1 is 1.07 bits per heavy atom. The second-order valence-electron chi connectivity index (χ2n) is 5.67. The number of carbonyl (C=O) groups is 1. The van der Waals surface area contributed by atoms with Crippen molar-refractivity contribution >= 4 is 27.3 Å². The molecule has 0 saturated heterocycles. The monoisotopic (exact) mass is 405 g/mol. The second kappa shape index (κ2) is 8.32. The highest BCUT2D eigenvalue weighted by molar-refractivity contribution is 7.91. The largest absolute Gasteiger partial charge is 0.344 e. The van der Waals surface area contributed by atoms with Gasteiger partial charge in [-0.15, -0.1) is 0 Å².